The first-order chi connectivity index (χ1) is 17.6. The highest BCUT2D eigenvalue weighted by atomic mass is 16.5. The van der Waals surface area contributed by atoms with Crippen molar-refractivity contribution < 1.29 is 19.1 Å². The Morgan fingerprint density at radius 3 is 2.69 bits per heavy atom. The molecule has 1 atom stereocenters. The zero-order chi connectivity index (χ0) is 24.9. The van der Waals surface area contributed by atoms with E-state index < -0.39 is 0 Å². The number of hydrogen-bond acceptors (Lipinski definition) is 8. The van der Waals surface area contributed by atoms with Gasteiger partial charge in [0.05, 0.1) is 37.7 Å². The molecule has 2 saturated heterocycles. The summed E-state index contributed by atoms with van der Waals surface area (Å²) in [7, 11) is 1.57. The van der Waals surface area contributed by atoms with Gasteiger partial charge in [0, 0.05) is 51.1 Å². The highest BCUT2D eigenvalue weighted by molar-refractivity contribution is 5.89. The number of rotatable bonds is 6. The van der Waals surface area contributed by atoms with Gasteiger partial charge in [-0.1, -0.05) is 0 Å². The van der Waals surface area contributed by atoms with E-state index in [2.05, 4.69) is 30.7 Å². The van der Waals surface area contributed by atoms with Crippen LogP contribution in [0.25, 0.3) is 11.4 Å². The number of carbonyl (C=O) groups is 2. The number of amides is 3. The number of aromatic nitrogens is 2. The van der Waals surface area contributed by atoms with Crippen LogP contribution < -0.4 is 25.8 Å². The van der Waals surface area contributed by atoms with Crippen molar-refractivity contribution in [2.24, 2.45) is 5.92 Å². The van der Waals surface area contributed by atoms with Gasteiger partial charge in [-0.05, 0) is 43.0 Å². The Hall–Kier alpha value is -3.44. The average Bonchev–Trinajstić information content (AvgIpc) is 2.92. The van der Waals surface area contributed by atoms with E-state index in [1.54, 1.807) is 7.05 Å². The molecule has 3 aliphatic heterocycles. The molecule has 2 fully saturated rings. The number of morpholine rings is 1. The molecule has 192 valence electrons. The fourth-order valence-electron chi connectivity index (χ4n) is 4.86. The maximum atomic E-state index is 12.8. The van der Waals surface area contributed by atoms with Gasteiger partial charge in [0.25, 0.3) is 0 Å². The van der Waals surface area contributed by atoms with Gasteiger partial charge >= 0.3 is 6.03 Å². The third-order valence-electron chi connectivity index (χ3n) is 6.91. The Kier molecular flexibility index (Phi) is 7.47. The van der Waals surface area contributed by atoms with E-state index in [0.717, 1.165) is 49.7 Å². The van der Waals surface area contributed by atoms with Crippen LogP contribution in [0.4, 0.5) is 22.0 Å². The molecule has 5 rings (SSSR count). The van der Waals surface area contributed by atoms with Crippen molar-refractivity contribution in [1.82, 2.24) is 20.6 Å². The molecular formula is C25H33N7O4. The Bertz CT molecular complexity index is 1070. The van der Waals surface area contributed by atoms with Gasteiger partial charge in [0.15, 0.2) is 11.6 Å². The van der Waals surface area contributed by atoms with Crippen LogP contribution in [0.3, 0.4) is 0 Å². The van der Waals surface area contributed by atoms with Gasteiger partial charge < -0.3 is 35.2 Å². The summed E-state index contributed by atoms with van der Waals surface area (Å²) in [6.07, 6.45) is 3.78. The van der Waals surface area contributed by atoms with Gasteiger partial charge in [-0.3, -0.25) is 4.79 Å². The minimum absolute atomic E-state index is 0.000834. The van der Waals surface area contributed by atoms with Crippen molar-refractivity contribution in [3.63, 3.8) is 0 Å². The monoisotopic (exact) mass is 495 g/mol. The highest BCUT2D eigenvalue weighted by Gasteiger charge is 2.35. The van der Waals surface area contributed by atoms with Crippen molar-refractivity contribution in [1.29, 1.82) is 0 Å². The Morgan fingerprint density at radius 2 is 1.92 bits per heavy atom. The molecule has 2 aromatic rings. The van der Waals surface area contributed by atoms with Crippen molar-refractivity contribution in [3.8, 4) is 11.4 Å². The normalized spacial score (nSPS) is 19.8. The smallest absolute Gasteiger partial charge is 0.318 e. The van der Waals surface area contributed by atoms with Gasteiger partial charge in [-0.15, -0.1) is 0 Å². The zero-order valence-corrected chi connectivity index (χ0v) is 20.5. The molecule has 0 spiro atoms. The average molecular weight is 496 g/mol. The molecule has 4 heterocycles. The molecule has 1 aromatic heterocycles. The van der Waals surface area contributed by atoms with Gasteiger partial charge in [0.1, 0.15) is 0 Å². The van der Waals surface area contributed by atoms with Gasteiger partial charge in [-0.25, -0.2) is 14.8 Å². The first-order valence-corrected chi connectivity index (χ1v) is 12.5. The second kappa shape index (κ2) is 11.1. The molecule has 0 aliphatic carbocycles. The number of anilines is 3. The maximum absolute atomic E-state index is 12.8. The van der Waals surface area contributed by atoms with E-state index >= 15 is 0 Å². The predicted molar refractivity (Wildman–Crippen MR) is 136 cm³/mol. The van der Waals surface area contributed by atoms with Crippen molar-refractivity contribution in [2.75, 3.05) is 74.8 Å². The topological polar surface area (TPSA) is 121 Å². The summed E-state index contributed by atoms with van der Waals surface area (Å²) in [6.45, 7) is 5.13. The van der Waals surface area contributed by atoms with Crippen LogP contribution in [0.15, 0.2) is 30.5 Å². The fraction of sp³-hybridized carbons (Fsp3) is 0.520. The van der Waals surface area contributed by atoms with Gasteiger partial charge in [0.2, 0.25) is 5.91 Å². The van der Waals surface area contributed by atoms with Crippen molar-refractivity contribution in [3.05, 3.63) is 30.5 Å². The lowest BCUT2D eigenvalue weighted by molar-refractivity contribution is -0.120. The molecule has 0 bridgehead atoms. The summed E-state index contributed by atoms with van der Waals surface area (Å²) < 4.78 is 11.2. The minimum atomic E-state index is -0.275. The summed E-state index contributed by atoms with van der Waals surface area (Å²) in [6, 6.07) is 7.25. The van der Waals surface area contributed by atoms with E-state index in [4.69, 9.17) is 14.5 Å². The summed E-state index contributed by atoms with van der Waals surface area (Å²) in [5, 5.41) is 8.39. The zero-order valence-electron chi connectivity index (χ0n) is 20.5. The Morgan fingerprint density at radius 1 is 1.11 bits per heavy atom. The first kappa shape index (κ1) is 24.3. The number of fused-ring (bicyclic) bond motifs is 3. The van der Waals surface area contributed by atoms with E-state index in [9.17, 15) is 9.59 Å². The third-order valence-corrected chi connectivity index (χ3v) is 6.91. The molecule has 3 N–H and O–H groups in total. The number of urea groups is 1. The van der Waals surface area contributed by atoms with Crippen LogP contribution in [-0.2, 0) is 14.3 Å². The lowest BCUT2D eigenvalue weighted by Gasteiger charge is -2.45. The molecule has 1 aromatic carbocycles. The van der Waals surface area contributed by atoms with Crippen molar-refractivity contribution >= 4 is 29.1 Å². The molecule has 11 heteroatoms. The molecule has 3 aliphatic rings. The van der Waals surface area contributed by atoms with Crippen LogP contribution in [0.5, 0.6) is 0 Å². The number of hydrogen-bond donors (Lipinski definition) is 3. The summed E-state index contributed by atoms with van der Waals surface area (Å²) in [5.41, 5.74) is 2.38. The summed E-state index contributed by atoms with van der Waals surface area (Å²) in [4.78, 5) is 38.3. The van der Waals surface area contributed by atoms with Crippen LogP contribution in [0, 0.1) is 5.92 Å². The molecule has 11 nitrogen and oxygen atoms in total. The second-order valence-electron chi connectivity index (χ2n) is 9.35. The predicted octanol–water partition coefficient (Wildman–Crippen LogP) is 1.46. The van der Waals surface area contributed by atoms with Crippen LogP contribution in [0.1, 0.15) is 12.8 Å². The van der Waals surface area contributed by atoms with E-state index in [0.29, 0.717) is 43.7 Å². The summed E-state index contributed by atoms with van der Waals surface area (Å²) in [5.74, 6) is 1.89. The number of nitrogens with zero attached hydrogens (tertiary/aromatic N) is 4. The fourth-order valence-corrected chi connectivity index (χ4v) is 4.86. The first-order valence-electron chi connectivity index (χ1n) is 12.5. The van der Waals surface area contributed by atoms with Gasteiger partial charge in [-0.2, -0.15) is 0 Å². The largest absolute Gasteiger partial charge is 0.381 e. The molecule has 0 saturated carbocycles. The lowest BCUT2D eigenvalue weighted by Crippen LogP contribution is -2.57. The SMILES string of the molecule is CNC(=O)Nc1ccc(-c2ncc3c(n2)N2CCOCC2CN3CC(=O)NCC2CCOCC2)cc1. The molecule has 0 radical (unpaired) electrons. The Labute approximate surface area is 210 Å². The van der Waals surface area contributed by atoms with Crippen LogP contribution in [-0.4, -0.2) is 87.6 Å². The molecule has 3 amide bonds. The highest BCUT2D eigenvalue weighted by Crippen LogP contribution is 2.35. The number of nitrogens with one attached hydrogen (secondary N) is 3. The quantitative estimate of drug-likeness (QED) is 0.551. The summed E-state index contributed by atoms with van der Waals surface area (Å²) >= 11 is 0. The van der Waals surface area contributed by atoms with E-state index in [1.807, 2.05) is 30.5 Å². The number of carbonyl (C=O) groups excluding carboxylic acids is 2. The van der Waals surface area contributed by atoms with Crippen molar-refractivity contribution in [2.45, 2.75) is 18.9 Å². The van der Waals surface area contributed by atoms with Crippen LogP contribution >= 0.6 is 0 Å². The minimum Gasteiger partial charge on any atom is -0.381 e. The van der Waals surface area contributed by atoms with Crippen LogP contribution in [0.2, 0.25) is 0 Å². The lowest BCUT2D eigenvalue weighted by atomic mass is 10.0. The number of benzene rings is 1. The molecule has 36 heavy (non-hydrogen) atoms. The van der Waals surface area contributed by atoms with E-state index in [1.165, 1.54) is 0 Å². The maximum Gasteiger partial charge on any atom is 0.318 e. The molecular weight excluding hydrogens is 462 g/mol. The molecule has 1 unspecified atom stereocenters. The third kappa shape index (κ3) is 5.52. The Balaban J connectivity index is 1.33. The standard InChI is InChI=1S/C25H33N7O4/c1-26-25(34)29-19-4-2-18(3-5-19)23-28-13-21-24(30-23)32-8-11-36-16-20(32)14-31(21)15-22(33)27-12-17-6-9-35-10-7-17/h2-5,13,17,20H,6-12,14-16H2,1H3,(H,27,33)(H2,26,29,34). The van der Waals surface area contributed by atoms with E-state index in [-0.39, 0.29) is 24.5 Å². The number of ether oxygens (including phenoxy) is 2. The second-order valence-corrected chi connectivity index (χ2v) is 9.35.